The molecule has 1 aromatic carbocycles. The largest absolute Gasteiger partial charge is 0.416 e. The second-order valence-electron chi connectivity index (χ2n) is 12.0. The van der Waals surface area contributed by atoms with Crippen LogP contribution in [0.4, 0.5) is 17.6 Å². The number of unbranched alkanes of at least 4 members (excludes halogenated alkanes) is 10. The van der Waals surface area contributed by atoms with Gasteiger partial charge < -0.3 is 0 Å². The fourth-order valence-corrected chi connectivity index (χ4v) is 6.98. The molecule has 0 nitrogen and oxygen atoms in total. The minimum Gasteiger partial charge on any atom is -0.207 e. The van der Waals surface area contributed by atoms with Crippen molar-refractivity contribution in [3.8, 4) is 0 Å². The third kappa shape index (κ3) is 9.67. The third-order valence-electron chi connectivity index (χ3n) is 9.31. The second-order valence-corrected chi connectivity index (χ2v) is 12.0. The Hall–Kier alpha value is -1.06. The lowest BCUT2D eigenvalue weighted by atomic mass is 9.68. The summed E-state index contributed by atoms with van der Waals surface area (Å²) >= 11 is 0. The molecule has 2 aliphatic rings. The molecule has 4 heteroatoms. The maximum atomic E-state index is 14.4. The van der Waals surface area contributed by atoms with Crippen LogP contribution in [0.15, 0.2) is 18.2 Å². The zero-order valence-electron chi connectivity index (χ0n) is 22.7. The van der Waals surface area contributed by atoms with Crippen LogP contribution >= 0.6 is 0 Å². The molecule has 0 amide bonds. The van der Waals surface area contributed by atoms with Crippen molar-refractivity contribution in [3.05, 3.63) is 35.1 Å². The van der Waals surface area contributed by atoms with E-state index in [1.807, 2.05) is 0 Å². The van der Waals surface area contributed by atoms with Crippen LogP contribution in [0.25, 0.3) is 0 Å². The third-order valence-corrected chi connectivity index (χ3v) is 9.31. The normalized spacial score (nSPS) is 25.2. The molecule has 2 fully saturated rings. The predicted molar refractivity (Wildman–Crippen MR) is 143 cm³/mol. The van der Waals surface area contributed by atoms with E-state index in [0.29, 0.717) is 11.6 Å². The Balaban J connectivity index is 1.25. The van der Waals surface area contributed by atoms with Crippen LogP contribution in [-0.2, 0) is 6.18 Å². The van der Waals surface area contributed by atoms with Crippen LogP contribution in [-0.4, -0.2) is 0 Å². The van der Waals surface area contributed by atoms with E-state index in [9.17, 15) is 17.6 Å². The van der Waals surface area contributed by atoms with E-state index < -0.39 is 17.6 Å². The van der Waals surface area contributed by atoms with Gasteiger partial charge >= 0.3 is 6.18 Å². The molecule has 206 valence electrons. The van der Waals surface area contributed by atoms with Crippen molar-refractivity contribution in [2.75, 3.05) is 0 Å². The molecular weight excluding hydrogens is 460 g/mol. The Morgan fingerprint density at radius 2 is 1.17 bits per heavy atom. The van der Waals surface area contributed by atoms with Gasteiger partial charge in [0.15, 0.2) is 0 Å². The van der Waals surface area contributed by atoms with Crippen molar-refractivity contribution in [1.29, 1.82) is 0 Å². The molecule has 0 aromatic heterocycles. The van der Waals surface area contributed by atoms with Crippen molar-refractivity contribution in [1.82, 2.24) is 0 Å². The maximum absolute atomic E-state index is 14.4. The molecule has 0 radical (unpaired) electrons. The first kappa shape index (κ1) is 29.5. The summed E-state index contributed by atoms with van der Waals surface area (Å²) in [4.78, 5) is 0. The Morgan fingerprint density at radius 1 is 0.667 bits per heavy atom. The van der Waals surface area contributed by atoms with Crippen LogP contribution in [0, 0.1) is 23.6 Å². The molecule has 0 heterocycles. The maximum Gasteiger partial charge on any atom is 0.416 e. The van der Waals surface area contributed by atoms with Gasteiger partial charge in [-0.25, -0.2) is 4.39 Å². The van der Waals surface area contributed by atoms with Gasteiger partial charge in [0.1, 0.15) is 5.82 Å². The predicted octanol–water partition coefficient (Wildman–Crippen LogP) is 11.6. The monoisotopic (exact) mass is 510 g/mol. The van der Waals surface area contributed by atoms with Gasteiger partial charge in [-0.1, -0.05) is 103 Å². The molecule has 36 heavy (non-hydrogen) atoms. The summed E-state index contributed by atoms with van der Waals surface area (Å²) in [5.41, 5.74) is -0.403. The molecule has 0 aliphatic heterocycles. The smallest absolute Gasteiger partial charge is 0.207 e. The van der Waals surface area contributed by atoms with Crippen LogP contribution < -0.4 is 0 Å². The summed E-state index contributed by atoms with van der Waals surface area (Å²) in [7, 11) is 0. The van der Waals surface area contributed by atoms with E-state index in [1.165, 1.54) is 109 Å². The van der Waals surface area contributed by atoms with Crippen molar-refractivity contribution >= 4 is 0 Å². The molecule has 3 rings (SSSR count). The van der Waals surface area contributed by atoms with E-state index in [0.717, 1.165) is 49.5 Å². The van der Waals surface area contributed by atoms with Crippen LogP contribution in [0.3, 0.4) is 0 Å². The van der Waals surface area contributed by atoms with Crippen molar-refractivity contribution < 1.29 is 17.6 Å². The van der Waals surface area contributed by atoms with Gasteiger partial charge in [0, 0.05) is 0 Å². The topological polar surface area (TPSA) is 0 Å². The summed E-state index contributed by atoms with van der Waals surface area (Å²) in [6, 6.07) is 3.10. The van der Waals surface area contributed by atoms with Crippen LogP contribution in [0.5, 0.6) is 0 Å². The number of halogens is 4. The van der Waals surface area contributed by atoms with Gasteiger partial charge in [-0.3, -0.25) is 0 Å². The average Bonchev–Trinajstić information content (AvgIpc) is 2.87. The van der Waals surface area contributed by atoms with Gasteiger partial charge in [-0.2, -0.15) is 13.2 Å². The summed E-state index contributed by atoms with van der Waals surface area (Å²) in [6.45, 7) is 2.28. The Morgan fingerprint density at radius 3 is 1.67 bits per heavy atom. The van der Waals surface area contributed by atoms with Crippen molar-refractivity contribution in [2.24, 2.45) is 17.8 Å². The van der Waals surface area contributed by atoms with Crippen molar-refractivity contribution in [2.45, 2.75) is 147 Å². The molecule has 0 saturated heterocycles. The molecule has 2 saturated carbocycles. The summed E-state index contributed by atoms with van der Waals surface area (Å²) in [5, 5.41) is 0. The van der Waals surface area contributed by atoms with Gasteiger partial charge in [0.2, 0.25) is 0 Å². The Labute approximate surface area is 218 Å². The second kappa shape index (κ2) is 15.4. The highest BCUT2D eigenvalue weighted by Gasteiger charge is 2.34. The summed E-state index contributed by atoms with van der Waals surface area (Å²) in [5.74, 6) is 1.83. The van der Waals surface area contributed by atoms with Gasteiger partial charge in [-0.15, -0.1) is 0 Å². The molecule has 0 bridgehead atoms. The lowest BCUT2D eigenvalue weighted by molar-refractivity contribution is -0.137. The fraction of sp³-hybridized carbons (Fsp3) is 0.812. The van der Waals surface area contributed by atoms with E-state index in [4.69, 9.17) is 0 Å². The van der Waals surface area contributed by atoms with E-state index >= 15 is 0 Å². The lowest BCUT2D eigenvalue weighted by Crippen LogP contribution is -2.25. The summed E-state index contributed by atoms with van der Waals surface area (Å²) < 4.78 is 52.9. The highest BCUT2D eigenvalue weighted by molar-refractivity contribution is 5.29. The molecule has 1 aromatic rings. The zero-order chi connectivity index (χ0) is 25.8. The summed E-state index contributed by atoms with van der Waals surface area (Å²) in [6.07, 6.45) is 21.8. The number of rotatable bonds is 14. The van der Waals surface area contributed by atoms with Crippen LogP contribution in [0.2, 0.25) is 0 Å². The first-order valence-electron chi connectivity index (χ1n) is 15.2. The number of benzene rings is 1. The lowest BCUT2D eigenvalue weighted by Gasteiger charge is -2.38. The molecule has 0 atom stereocenters. The molecule has 0 spiro atoms. The van der Waals surface area contributed by atoms with Gasteiger partial charge in [-0.05, 0) is 79.9 Å². The van der Waals surface area contributed by atoms with E-state index in [1.54, 1.807) is 0 Å². The molecule has 0 N–H and O–H groups in total. The van der Waals surface area contributed by atoms with Gasteiger partial charge in [0.25, 0.3) is 0 Å². The number of hydrogen-bond donors (Lipinski definition) is 0. The fourth-order valence-electron chi connectivity index (χ4n) is 6.98. The number of alkyl halides is 3. The zero-order valence-corrected chi connectivity index (χ0v) is 22.7. The van der Waals surface area contributed by atoms with Crippen molar-refractivity contribution in [3.63, 3.8) is 0 Å². The first-order chi connectivity index (χ1) is 17.4. The minimum atomic E-state index is -4.48. The Bertz CT molecular complexity index is 724. The van der Waals surface area contributed by atoms with E-state index in [2.05, 4.69) is 6.92 Å². The van der Waals surface area contributed by atoms with Crippen LogP contribution in [0.1, 0.15) is 152 Å². The molecule has 2 aliphatic carbocycles. The first-order valence-corrected chi connectivity index (χ1v) is 15.2. The Kier molecular flexibility index (Phi) is 12.6. The number of hydrogen-bond acceptors (Lipinski definition) is 0. The minimum absolute atomic E-state index is 0.0703. The molecule has 0 unspecified atom stereocenters. The SMILES string of the molecule is CCCCCCCCCCCCCC1CCC(C2CCC(c3ccc(C(F)(F)F)cc3F)CC2)CC1. The standard InChI is InChI=1S/C32H50F4/c1-2-3-4-5-6-7-8-9-10-11-12-13-25-14-16-26(17-15-25)27-18-20-28(21-19-27)30-23-22-29(24-31(30)33)32(34,35)36/h22-28H,2-21H2,1H3. The highest BCUT2D eigenvalue weighted by atomic mass is 19.4. The van der Waals surface area contributed by atoms with Gasteiger partial charge in [0.05, 0.1) is 5.56 Å². The highest BCUT2D eigenvalue weighted by Crippen LogP contribution is 2.45. The molecular formula is C32H50F4. The van der Waals surface area contributed by atoms with E-state index in [-0.39, 0.29) is 5.92 Å². The quantitative estimate of drug-likeness (QED) is 0.172. The average molecular weight is 511 g/mol.